The van der Waals surface area contributed by atoms with Crippen LogP contribution in [0, 0.1) is 0 Å². The number of ether oxygens (including phenoxy) is 1. The Labute approximate surface area is 169 Å². The first-order chi connectivity index (χ1) is 14.0. The third-order valence-corrected chi connectivity index (χ3v) is 6.87. The zero-order valence-corrected chi connectivity index (χ0v) is 16.5. The Bertz CT molecular complexity index is 1120. The lowest BCUT2D eigenvalue weighted by molar-refractivity contribution is -0.110. The van der Waals surface area contributed by atoms with Crippen molar-refractivity contribution in [1.82, 2.24) is 0 Å². The Morgan fingerprint density at radius 3 is 2.52 bits per heavy atom. The number of rotatable bonds is 2. The molecule has 8 heteroatoms. The minimum atomic E-state index is -3.78. The van der Waals surface area contributed by atoms with E-state index in [9.17, 15) is 13.2 Å². The lowest BCUT2D eigenvalue weighted by Gasteiger charge is -2.28. The highest BCUT2D eigenvalue weighted by Crippen LogP contribution is 2.40. The standard InChI is InChI=1S/C21H20N2O5S/c24-21-17(13-14-1-3-15(4-2-14)23-8-11-27-12-9-23)20-16-7-10-28-29(25,26)19(16)6-5-18(20)22-21/h1-6,13H,7-12H2,(H,22,24)/b17-13-. The second-order valence-corrected chi connectivity index (χ2v) is 8.78. The van der Waals surface area contributed by atoms with Crippen LogP contribution in [0.15, 0.2) is 41.3 Å². The predicted octanol–water partition coefficient (Wildman–Crippen LogP) is 2.28. The first kappa shape index (κ1) is 18.4. The Hall–Kier alpha value is -2.68. The molecule has 0 bridgehead atoms. The molecule has 7 nitrogen and oxygen atoms in total. The van der Waals surface area contributed by atoms with Gasteiger partial charge in [-0.3, -0.25) is 8.98 Å². The SMILES string of the molecule is O=C1Nc2ccc3c(c2/C1=C/c1ccc(N2CCOCC2)cc1)CCOS3(=O)=O. The molecule has 3 aliphatic rings. The first-order valence-corrected chi connectivity index (χ1v) is 11.0. The summed E-state index contributed by atoms with van der Waals surface area (Å²) < 4.78 is 34.8. The fraction of sp³-hybridized carbons (Fsp3) is 0.286. The van der Waals surface area contributed by atoms with Gasteiger partial charge in [0.1, 0.15) is 0 Å². The highest BCUT2D eigenvalue weighted by atomic mass is 32.2. The molecule has 0 aliphatic carbocycles. The molecule has 1 fully saturated rings. The van der Waals surface area contributed by atoms with E-state index in [1.807, 2.05) is 30.3 Å². The summed E-state index contributed by atoms with van der Waals surface area (Å²) in [4.78, 5) is 15.0. The highest BCUT2D eigenvalue weighted by Gasteiger charge is 2.34. The second kappa shape index (κ2) is 6.98. The minimum Gasteiger partial charge on any atom is -0.378 e. The van der Waals surface area contributed by atoms with Crippen molar-refractivity contribution in [1.29, 1.82) is 0 Å². The van der Waals surface area contributed by atoms with Gasteiger partial charge in [-0.25, -0.2) is 0 Å². The monoisotopic (exact) mass is 412 g/mol. The van der Waals surface area contributed by atoms with Gasteiger partial charge in [-0.15, -0.1) is 0 Å². The van der Waals surface area contributed by atoms with Gasteiger partial charge in [0.25, 0.3) is 16.0 Å². The zero-order valence-electron chi connectivity index (χ0n) is 15.7. The maximum atomic E-state index is 12.6. The van der Waals surface area contributed by atoms with Gasteiger partial charge < -0.3 is 15.0 Å². The van der Waals surface area contributed by atoms with Crippen LogP contribution in [0.4, 0.5) is 11.4 Å². The van der Waals surface area contributed by atoms with Crippen molar-refractivity contribution in [3.8, 4) is 0 Å². The van der Waals surface area contributed by atoms with Crippen molar-refractivity contribution in [3.63, 3.8) is 0 Å². The van der Waals surface area contributed by atoms with Crippen molar-refractivity contribution in [2.75, 3.05) is 43.1 Å². The third kappa shape index (κ3) is 3.23. The van der Waals surface area contributed by atoms with Crippen LogP contribution in [-0.2, 0) is 30.3 Å². The van der Waals surface area contributed by atoms with Crippen molar-refractivity contribution >= 4 is 39.0 Å². The molecule has 2 aromatic rings. The summed E-state index contributed by atoms with van der Waals surface area (Å²) in [6, 6.07) is 11.1. The lowest BCUT2D eigenvalue weighted by Crippen LogP contribution is -2.36. The normalized spacial score (nSPS) is 21.6. The lowest BCUT2D eigenvalue weighted by atomic mass is 9.96. The van der Waals surface area contributed by atoms with Gasteiger partial charge in [0.15, 0.2) is 0 Å². The summed E-state index contributed by atoms with van der Waals surface area (Å²) in [6.45, 7) is 3.25. The van der Waals surface area contributed by atoms with Crippen LogP contribution >= 0.6 is 0 Å². The van der Waals surface area contributed by atoms with Crippen LogP contribution in [0.5, 0.6) is 0 Å². The Balaban J connectivity index is 1.53. The summed E-state index contributed by atoms with van der Waals surface area (Å²) in [5, 5.41) is 2.84. The van der Waals surface area contributed by atoms with Gasteiger partial charge >= 0.3 is 0 Å². The number of carbonyl (C=O) groups is 1. The van der Waals surface area contributed by atoms with Crippen LogP contribution in [0.3, 0.4) is 0 Å². The number of carbonyl (C=O) groups excluding carboxylic acids is 1. The predicted molar refractivity (Wildman–Crippen MR) is 109 cm³/mol. The average molecular weight is 412 g/mol. The summed E-state index contributed by atoms with van der Waals surface area (Å²) >= 11 is 0. The molecule has 2 aromatic carbocycles. The van der Waals surface area contributed by atoms with Gasteiger partial charge in [0.05, 0.1) is 24.7 Å². The molecule has 29 heavy (non-hydrogen) atoms. The van der Waals surface area contributed by atoms with Crippen LogP contribution < -0.4 is 10.2 Å². The molecule has 5 rings (SSSR count). The number of benzene rings is 2. The molecule has 1 saturated heterocycles. The number of nitrogens with one attached hydrogen (secondary N) is 1. The molecule has 3 aliphatic heterocycles. The quantitative estimate of drug-likeness (QED) is 0.602. The number of amides is 1. The number of hydrogen-bond donors (Lipinski definition) is 1. The smallest absolute Gasteiger partial charge is 0.297 e. The van der Waals surface area contributed by atoms with Crippen molar-refractivity contribution in [2.45, 2.75) is 11.3 Å². The molecule has 3 heterocycles. The highest BCUT2D eigenvalue weighted by molar-refractivity contribution is 7.86. The molecule has 0 unspecified atom stereocenters. The number of morpholine rings is 1. The van der Waals surface area contributed by atoms with Crippen molar-refractivity contribution < 1.29 is 22.1 Å². The molecule has 1 amide bonds. The Morgan fingerprint density at radius 2 is 1.76 bits per heavy atom. The van der Waals surface area contributed by atoms with E-state index in [1.165, 1.54) is 6.07 Å². The van der Waals surface area contributed by atoms with Crippen LogP contribution in [0.2, 0.25) is 0 Å². The van der Waals surface area contributed by atoms with E-state index in [-0.39, 0.29) is 17.4 Å². The van der Waals surface area contributed by atoms with Crippen molar-refractivity contribution in [2.24, 2.45) is 0 Å². The Morgan fingerprint density at radius 1 is 1.00 bits per heavy atom. The average Bonchev–Trinajstić information content (AvgIpc) is 3.04. The van der Waals surface area contributed by atoms with Crippen LogP contribution in [0.25, 0.3) is 11.6 Å². The van der Waals surface area contributed by atoms with Crippen LogP contribution in [0.1, 0.15) is 16.7 Å². The molecule has 0 radical (unpaired) electrons. The van der Waals surface area contributed by atoms with Gasteiger partial charge in [-0.2, -0.15) is 8.42 Å². The van der Waals surface area contributed by atoms with E-state index in [0.29, 0.717) is 28.8 Å². The third-order valence-electron chi connectivity index (χ3n) is 5.47. The molecule has 0 aromatic heterocycles. The minimum absolute atomic E-state index is 0.0848. The molecular weight excluding hydrogens is 392 g/mol. The van der Waals surface area contributed by atoms with Crippen molar-refractivity contribution in [3.05, 3.63) is 53.1 Å². The topological polar surface area (TPSA) is 84.9 Å². The van der Waals surface area contributed by atoms with E-state index >= 15 is 0 Å². The number of anilines is 2. The van der Waals surface area contributed by atoms with E-state index in [1.54, 1.807) is 6.07 Å². The number of hydrogen-bond acceptors (Lipinski definition) is 6. The molecule has 150 valence electrons. The van der Waals surface area contributed by atoms with E-state index in [4.69, 9.17) is 8.92 Å². The molecule has 0 saturated carbocycles. The number of fused-ring (bicyclic) bond motifs is 3. The molecule has 0 spiro atoms. The summed E-state index contributed by atoms with van der Waals surface area (Å²) in [5.41, 5.74) is 4.43. The molecule has 1 N–H and O–H groups in total. The zero-order chi connectivity index (χ0) is 20.0. The summed E-state index contributed by atoms with van der Waals surface area (Å²) in [7, 11) is -3.78. The first-order valence-electron chi connectivity index (χ1n) is 9.54. The Kier molecular flexibility index (Phi) is 4.42. The van der Waals surface area contributed by atoms with Crippen LogP contribution in [-0.4, -0.2) is 47.2 Å². The van der Waals surface area contributed by atoms with E-state index in [0.717, 1.165) is 37.6 Å². The van der Waals surface area contributed by atoms with Gasteiger partial charge in [0, 0.05) is 35.6 Å². The fourth-order valence-corrected chi connectivity index (χ4v) is 5.22. The number of nitrogens with zero attached hydrogens (tertiary/aromatic N) is 1. The summed E-state index contributed by atoms with van der Waals surface area (Å²) in [5.74, 6) is -0.227. The van der Waals surface area contributed by atoms with Gasteiger partial charge in [-0.05, 0) is 47.9 Å². The fourth-order valence-electron chi connectivity index (χ4n) is 4.05. The van der Waals surface area contributed by atoms with E-state index < -0.39 is 10.1 Å². The summed E-state index contributed by atoms with van der Waals surface area (Å²) in [6.07, 6.45) is 2.26. The molecule has 0 atom stereocenters. The van der Waals surface area contributed by atoms with Gasteiger partial charge in [-0.1, -0.05) is 12.1 Å². The maximum Gasteiger partial charge on any atom is 0.297 e. The maximum absolute atomic E-state index is 12.6. The van der Waals surface area contributed by atoms with E-state index in [2.05, 4.69) is 10.2 Å². The molecular formula is C21H20N2O5S. The largest absolute Gasteiger partial charge is 0.378 e. The second-order valence-electron chi connectivity index (χ2n) is 7.19. The van der Waals surface area contributed by atoms with Gasteiger partial charge in [0.2, 0.25) is 0 Å².